The van der Waals surface area contributed by atoms with Crippen LogP contribution in [0.5, 0.6) is 5.75 Å². The molecule has 2 fully saturated rings. The van der Waals surface area contributed by atoms with E-state index in [1.165, 1.54) is 0 Å². The molecule has 34 heavy (non-hydrogen) atoms. The number of anilines is 1. The van der Waals surface area contributed by atoms with Crippen LogP contribution in [-0.4, -0.2) is 67.9 Å². The quantitative estimate of drug-likeness (QED) is 0.639. The molecule has 2 N–H and O–H groups in total. The Bertz CT molecular complexity index is 1130. The summed E-state index contributed by atoms with van der Waals surface area (Å²) in [4.78, 5) is 19.9. The van der Waals surface area contributed by atoms with Crippen molar-refractivity contribution in [3.05, 3.63) is 48.3 Å². The third-order valence-electron chi connectivity index (χ3n) is 6.57. The maximum atomic E-state index is 6.54. The van der Waals surface area contributed by atoms with Gasteiger partial charge in [-0.15, -0.1) is 0 Å². The SMILES string of the molecule is C=N/C(N[C@H]1CC[C@@H](Oc2cc(N3CCOCC3)cc3nccnc23)CC1)=C1/NC=C/C1=N/C. The summed E-state index contributed by atoms with van der Waals surface area (Å²) in [5.41, 5.74) is 4.53. The lowest BCUT2D eigenvalue weighted by Crippen LogP contribution is -2.37. The van der Waals surface area contributed by atoms with Crippen LogP contribution in [-0.2, 0) is 4.74 Å². The van der Waals surface area contributed by atoms with Crippen LogP contribution in [0.3, 0.4) is 0 Å². The van der Waals surface area contributed by atoms with E-state index in [1.807, 2.05) is 12.3 Å². The van der Waals surface area contributed by atoms with E-state index in [-0.39, 0.29) is 6.10 Å². The number of benzene rings is 1. The van der Waals surface area contributed by atoms with Crippen LogP contribution in [0, 0.1) is 0 Å². The molecule has 1 aliphatic carbocycles. The maximum Gasteiger partial charge on any atom is 0.151 e. The highest BCUT2D eigenvalue weighted by atomic mass is 16.5. The van der Waals surface area contributed by atoms with Gasteiger partial charge in [-0.3, -0.25) is 9.98 Å². The largest absolute Gasteiger partial charge is 0.488 e. The number of fused-ring (bicyclic) bond motifs is 1. The zero-order chi connectivity index (χ0) is 23.3. The smallest absolute Gasteiger partial charge is 0.151 e. The second-order valence-corrected chi connectivity index (χ2v) is 8.67. The van der Waals surface area contributed by atoms with Gasteiger partial charge in [-0.05, 0) is 44.5 Å². The monoisotopic (exact) mass is 461 g/mol. The molecule has 0 unspecified atom stereocenters. The molecule has 9 heteroatoms. The van der Waals surface area contributed by atoms with Gasteiger partial charge in [0.25, 0.3) is 0 Å². The number of hydrogen-bond donors (Lipinski definition) is 2. The normalized spacial score (nSPS) is 25.3. The van der Waals surface area contributed by atoms with Crippen molar-refractivity contribution in [2.24, 2.45) is 9.98 Å². The number of morpholine rings is 1. The van der Waals surface area contributed by atoms with Gasteiger partial charge in [-0.1, -0.05) is 0 Å². The summed E-state index contributed by atoms with van der Waals surface area (Å²) in [6.45, 7) is 6.95. The fraction of sp³-hybridized carbons (Fsp3) is 0.440. The van der Waals surface area contributed by atoms with Gasteiger partial charge in [0, 0.05) is 56.5 Å². The average molecular weight is 462 g/mol. The molecule has 3 heterocycles. The Hall–Kier alpha value is -3.46. The topological polar surface area (TPSA) is 96.3 Å². The van der Waals surface area contributed by atoms with Gasteiger partial charge in [0.2, 0.25) is 0 Å². The molecule has 0 amide bonds. The van der Waals surface area contributed by atoms with E-state index in [9.17, 15) is 0 Å². The first kappa shape index (κ1) is 22.3. The minimum Gasteiger partial charge on any atom is -0.488 e. The molecule has 1 saturated heterocycles. The number of nitrogens with zero attached hydrogens (tertiary/aromatic N) is 5. The summed E-state index contributed by atoms with van der Waals surface area (Å²) in [7, 11) is 1.78. The zero-order valence-electron chi connectivity index (χ0n) is 19.5. The summed E-state index contributed by atoms with van der Waals surface area (Å²) in [6, 6.07) is 4.52. The summed E-state index contributed by atoms with van der Waals surface area (Å²) in [5.74, 6) is 1.55. The van der Waals surface area contributed by atoms with Gasteiger partial charge < -0.3 is 25.0 Å². The Kier molecular flexibility index (Phi) is 6.71. The molecule has 178 valence electrons. The fourth-order valence-electron chi connectivity index (χ4n) is 4.75. The van der Waals surface area contributed by atoms with Gasteiger partial charge in [0.1, 0.15) is 17.0 Å². The lowest BCUT2D eigenvalue weighted by molar-refractivity contribution is 0.122. The predicted molar refractivity (Wildman–Crippen MR) is 135 cm³/mol. The lowest BCUT2D eigenvalue weighted by atomic mass is 9.93. The number of rotatable bonds is 6. The molecular formula is C25H31N7O2. The minimum absolute atomic E-state index is 0.134. The number of allylic oxidation sites excluding steroid dienone is 1. The van der Waals surface area contributed by atoms with Crippen molar-refractivity contribution in [1.82, 2.24) is 20.6 Å². The zero-order valence-corrected chi connectivity index (χ0v) is 19.5. The number of aliphatic imine (C=N–C) groups is 2. The molecule has 1 aromatic carbocycles. The summed E-state index contributed by atoms with van der Waals surface area (Å²) < 4.78 is 12.1. The number of nitrogens with one attached hydrogen (secondary N) is 2. The molecule has 0 radical (unpaired) electrons. The van der Waals surface area contributed by atoms with E-state index in [0.717, 1.165) is 91.7 Å². The fourth-order valence-corrected chi connectivity index (χ4v) is 4.75. The van der Waals surface area contributed by atoms with Gasteiger partial charge in [-0.25, -0.2) is 9.98 Å². The van der Waals surface area contributed by atoms with E-state index in [1.54, 1.807) is 19.4 Å². The second-order valence-electron chi connectivity index (χ2n) is 8.67. The summed E-state index contributed by atoms with van der Waals surface area (Å²) >= 11 is 0. The van der Waals surface area contributed by atoms with Gasteiger partial charge in [0.05, 0.1) is 30.5 Å². The Morgan fingerprint density at radius 2 is 1.97 bits per heavy atom. The number of ether oxygens (including phenoxy) is 2. The van der Waals surface area contributed by atoms with Crippen molar-refractivity contribution in [1.29, 1.82) is 0 Å². The molecule has 1 saturated carbocycles. The Morgan fingerprint density at radius 1 is 1.18 bits per heavy atom. The predicted octanol–water partition coefficient (Wildman–Crippen LogP) is 2.80. The van der Waals surface area contributed by atoms with Crippen molar-refractivity contribution >= 4 is 29.1 Å². The van der Waals surface area contributed by atoms with E-state index < -0.39 is 0 Å². The van der Waals surface area contributed by atoms with Crippen molar-refractivity contribution in [2.75, 3.05) is 38.3 Å². The second kappa shape index (κ2) is 10.2. The molecule has 5 rings (SSSR count). The van der Waals surface area contributed by atoms with E-state index in [0.29, 0.717) is 6.04 Å². The number of hydrogen-bond acceptors (Lipinski definition) is 9. The van der Waals surface area contributed by atoms with E-state index >= 15 is 0 Å². The third kappa shape index (κ3) is 4.75. The third-order valence-corrected chi connectivity index (χ3v) is 6.57. The van der Waals surface area contributed by atoms with Crippen LogP contribution >= 0.6 is 0 Å². The molecule has 2 aromatic rings. The molecule has 0 bridgehead atoms. The van der Waals surface area contributed by atoms with Gasteiger partial charge >= 0.3 is 0 Å². The van der Waals surface area contributed by atoms with Crippen LogP contribution in [0.15, 0.2) is 58.3 Å². The Morgan fingerprint density at radius 3 is 2.74 bits per heavy atom. The van der Waals surface area contributed by atoms with Crippen LogP contribution < -0.4 is 20.3 Å². The van der Waals surface area contributed by atoms with Crippen LogP contribution in [0.1, 0.15) is 25.7 Å². The molecule has 1 aromatic heterocycles. The molecule has 2 aliphatic heterocycles. The van der Waals surface area contributed by atoms with Crippen molar-refractivity contribution < 1.29 is 9.47 Å². The van der Waals surface area contributed by atoms with Gasteiger partial charge in [0.15, 0.2) is 5.82 Å². The summed E-state index contributed by atoms with van der Waals surface area (Å²) in [6.07, 6.45) is 11.2. The highest BCUT2D eigenvalue weighted by molar-refractivity contribution is 6.10. The van der Waals surface area contributed by atoms with Crippen molar-refractivity contribution in [3.8, 4) is 5.75 Å². The number of aromatic nitrogens is 2. The Balaban J connectivity index is 1.27. The highest BCUT2D eigenvalue weighted by Crippen LogP contribution is 2.33. The highest BCUT2D eigenvalue weighted by Gasteiger charge is 2.26. The van der Waals surface area contributed by atoms with Crippen LogP contribution in [0.4, 0.5) is 5.69 Å². The molecule has 3 aliphatic rings. The summed E-state index contributed by atoms with van der Waals surface area (Å²) in [5, 5.41) is 6.76. The Labute approximate surface area is 199 Å². The first-order chi connectivity index (χ1) is 16.7. The first-order valence-corrected chi connectivity index (χ1v) is 11.9. The van der Waals surface area contributed by atoms with Crippen LogP contribution in [0.25, 0.3) is 11.0 Å². The van der Waals surface area contributed by atoms with Crippen molar-refractivity contribution in [3.63, 3.8) is 0 Å². The molecule has 0 spiro atoms. The first-order valence-electron chi connectivity index (χ1n) is 11.9. The molecule has 0 atom stereocenters. The molecule has 9 nitrogen and oxygen atoms in total. The molecular weight excluding hydrogens is 430 g/mol. The van der Waals surface area contributed by atoms with E-state index in [2.05, 4.69) is 54.3 Å². The van der Waals surface area contributed by atoms with E-state index in [4.69, 9.17) is 9.47 Å². The van der Waals surface area contributed by atoms with Crippen molar-refractivity contribution in [2.45, 2.75) is 37.8 Å². The van der Waals surface area contributed by atoms with Gasteiger partial charge in [-0.2, -0.15) is 0 Å². The minimum atomic E-state index is 0.134. The maximum absolute atomic E-state index is 6.54. The lowest BCUT2D eigenvalue weighted by Gasteiger charge is -2.32. The average Bonchev–Trinajstić information content (AvgIpc) is 3.37. The van der Waals surface area contributed by atoms with Crippen LogP contribution in [0.2, 0.25) is 0 Å². The standard InChI is InChI=1S/C25H31N7O2/c1-26-20-7-8-29-24(20)25(27-2)31-17-3-5-19(6-4-17)34-22-16-18(32-11-13-33-14-12-32)15-21-23(22)30-10-9-28-21/h7-10,15-17,19,29,31H,2-6,11-14H2,1H3/b25-24-,26-20-/t17-,19+.